The molecule has 1 aromatic carbocycles. The van der Waals surface area contributed by atoms with Crippen LogP contribution in [0.15, 0.2) is 28.9 Å². The number of nitrogens with zero attached hydrogens (tertiary/aromatic N) is 1. The van der Waals surface area contributed by atoms with Gasteiger partial charge in [-0.1, -0.05) is 27.5 Å². The first kappa shape index (κ1) is 13.3. The van der Waals surface area contributed by atoms with Crippen molar-refractivity contribution in [3.05, 3.63) is 50.8 Å². The van der Waals surface area contributed by atoms with Crippen LogP contribution >= 0.6 is 27.5 Å². The SMILES string of the molecule is Cc1cc(Oc2ncc(Cl)cc2F)cc(C)c1Br. The number of pyridine rings is 1. The summed E-state index contributed by atoms with van der Waals surface area (Å²) in [5, 5.41) is 0.239. The molecule has 1 aromatic heterocycles. The molecule has 0 unspecified atom stereocenters. The van der Waals surface area contributed by atoms with E-state index in [4.69, 9.17) is 16.3 Å². The predicted octanol–water partition coefficient (Wildman–Crippen LogP) is 5.05. The van der Waals surface area contributed by atoms with E-state index in [0.717, 1.165) is 15.6 Å². The number of aromatic nitrogens is 1. The summed E-state index contributed by atoms with van der Waals surface area (Å²) in [6.45, 7) is 3.88. The lowest BCUT2D eigenvalue weighted by atomic mass is 10.1. The number of halogens is 3. The Balaban J connectivity index is 2.34. The van der Waals surface area contributed by atoms with Crippen molar-refractivity contribution in [2.75, 3.05) is 0 Å². The number of hydrogen-bond acceptors (Lipinski definition) is 2. The molecule has 0 aliphatic heterocycles. The maximum atomic E-state index is 13.5. The topological polar surface area (TPSA) is 22.1 Å². The Kier molecular flexibility index (Phi) is 3.88. The first-order chi connectivity index (χ1) is 8.47. The summed E-state index contributed by atoms with van der Waals surface area (Å²) < 4.78 is 20.0. The third-order valence-corrected chi connectivity index (χ3v) is 3.86. The van der Waals surface area contributed by atoms with Crippen molar-refractivity contribution in [3.63, 3.8) is 0 Å². The molecule has 5 heteroatoms. The predicted molar refractivity (Wildman–Crippen MR) is 72.9 cm³/mol. The summed E-state index contributed by atoms with van der Waals surface area (Å²) in [5.74, 6) is -0.122. The van der Waals surface area contributed by atoms with E-state index in [1.165, 1.54) is 12.3 Å². The minimum Gasteiger partial charge on any atom is -0.436 e. The zero-order valence-corrected chi connectivity index (χ0v) is 12.1. The molecule has 1 heterocycles. The second kappa shape index (κ2) is 5.24. The normalized spacial score (nSPS) is 10.5. The molecule has 2 nitrogen and oxygen atoms in total. The highest BCUT2D eigenvalue weighted by atomic mass is 79.9. The fourth-order valence-corrected chi connectivity index (χ4v) is 1.93. The Morgan fingerprint density at radius 2 is 1.83 bits per heavy atom. The maximum absolute atomic E-state index is 13.5. The Morgan fingerprint density at radius 1 is 1.22 bits per heavy atom. The van der Waals surface area contributed by atoms with E-state index >= 15 is 0 Å². The first-order valence-corrected chi connectivity index (χ1v) is 6.40. The molecule has 0 amide bonds. The lowest BCUT2D eigenvalue weighted by Gasteiger charge is -2.09. The van der Waals surface area contributed by atoms with Gasteiger partial charge in [-0.15, -0.1) is 0 Å². The number of hydrogen-bond donors (Lipinski definition) is 0. The summed E-state index contributed by atoms with van der Waals surface area (Å²) in [5.41, 5.74) is 2.03. The van der Waals surface area contributed by atoms with Crippen molar-refractivity contribution in [1.82, 2.24) is 4.98 Å². The second-order valence-corrected chi connectivity index (χ2v) is 5.14. The monoisotopic (exact) mass is 329 g/mol. The minimum absolute atomic E-state index is 0.0828. The van der Waals surface area contributed by atoms with E-state index in [-0.39, 0.29) is 10.9 Å². The molecule has 0 spiro atoms. The standard InChI is InChI=1S/C13H10BrClFNO/c1-7-3-10(4-8(2)12(7)14)18-13-11(16)5-9(15)6-17-13/h3-6H,1-2H3. The number of benzene rings is 1. The first-order valence-electron chi connectivity index (χ1n) is 5.23. The average Bonchev–Trinajstić information content (AvgIpc) is 2.29. The Hall–Kier alpha value is -1.13. The van der Waals surface area contributed by atoms with Crippen LogP contribution in [0.2, 0.25) is 5.02 Å². The van der Waals surface area contributed by atoms with Gasteiger partial charge in [0.05, 0.1) is 5.02 Å². The highest BCUT2D eigenvalue weighted by Gasteiger charge is 2.09. The fraction of sp³-hybridized carbons (Fsp3) is 0.154. The van der Waals surface area contributed by atoms with E-state index in [0.29, 0.717) is 5.75 Å². The molecule has 0 saturated carbocycles. The number of ether oxygens (including phenoxy) is 1. The Bertz CT molecular complexity index is 581. The molecule has 0 N–H and O–H groups in total. The van der Waals surface area contributed by atoms with Crippen LogP contribution in [0, 0.1) is 19.7 Å². The molecule has 0 atom stereocenters. The molecule has 0 aliphatic carbocycles. The van der Waals surface area contributed by atoms with Crippen LogP contribution < -0.4 is 4.74 Å². The van der Waals surface area contributed by atoms with Crippen molar-refractivity contribution in [1.29, 1.82) is 0 Å². The fourth-order valence-electron chi connectivity index (χ4n) is 1.55. The lowest BCUT2D eigenvalue weighted by molar-refractivity contribution is 0.422. The lowest BCUT2D eigenvalue weighted by Crippen LogP contribution is -1.93. The largest absolute Gasteiger partial charge is 0.436 e. The average molecular weight is 331 g/mol. The molecule has 18 heavy (non-hydrogen) atoms. The Morgan fingerprint density at radius 3 is 2.39 bits per heavy atom. The minimum atomic E-state index is -0.583. The van der Waals surface area contributed by atoms with Gasteiger partial charge < -0.3 is 4.74 Å². The van der Waals surface area contributed by atoms with Crippen molar-refractivity contribution in [2.24, 2.45) is 0 Å². The van der Waals surface area contributed by atoms with Crippen molar-refractivity contribution in [2.45, 2.75) is 13.8 Å². The molecule has 94 valence electrons. The van der Waals surface area contributed by atoms with Crippen molar-refractivity contribution >= 4 is 27.5 Å². The van der Waals surface area contributed by atoms with Crippen molar-refractivity contribution < 1.29 is 9.13 Å². The van der Waals surface area contributed by atoms with E-state index < -0.39 is 5.82 Å². The summed E-state index contributed by atoms with van der Waals surface area (Å²) in [7, 11) is 0. The van der Waals surface area contributed by atoms with Crippen LogP contribution in [0.5, 0.6) is 11.6 Å². The zero-order valence-electron chi connectivity index (χ0n) is 9.80. The van der Waals surface area contributed by atoms with E-state index in [2.05, 4.69) is 20.9 Å². The highest BCUT2D eigenvalue weighted by Crippen LogP contribution is 2.30. The second-order valence-electron chi connectivity index (χ2n) is 3.91. The van der Waals surface area contributed by atoms with Crippen LogP contribution in [0.4, 0.5) is 4.39 Å². The van der Waals surface area contributed by atoms with Crippen LogP contribution in [0.1, 0.15) is 11.1 Å². The van der Waals surface area contributed by atoms with E-state index in [1.807, 2.05) is 26.0 Å². The molecule has 2 rings (SSSR count). The molecule has 0 aliphatic rings. The summed E-state index contributed by atoms with van der Waals surface area (Å²) >= 11 is 9.09. The van der Waals surface area contributed by atoms with Gasteiger partial charge >= 0.3 is 0 Å². The van der Waals surface area contributed by atoms with Gasteiger partial charge in [-0.3, -0.25) is 0 Å². The van der Waals surface area contributed by atoms with Crippen LogP contribution in [0.25, 0.3) is 0 Å². The van der Waals surface area contributed by atoms with Crippen molar-refractivity contribution in [3.8, 4) is 11.6 Å². The molecule has 0 radical (unpaired) electrons. The quantitative estimate of drug-likeness (QED) is 0.769. The molecule has 0 fully saturated rings. The van der Waals surface area contributed by atoms with Gasteiger partial charge in [0, 0.05) is 10.7 Å². The van der Waals surface area contributed by atoms with Crippen LogP contribution in [-0.2, 0) is 0 Å². The zero-order chi connectivity index (χ0) is 13.3. The van der Waals surface area contributed by atoms with Gasteiger partial charge in [0.25, 0.3) is 5.88 Å². The summed E-state index contributed by atoms with van der Waals surface area (Å²) in [6, 6.07) is 4.79. The number of rotatable bonds is 2. The van der Waals surface area contributed by atoms with Crippen LogP contribution in [-0.4, -0.2) is 4.98 Å². The van der Waals surface area contributed by atoms with E-state index in [1.54, 1.807) is 0 Å². The smallest absolute Gasteiger partial charge is 0.255 e. The van der Waals surface area contributed by atoms with Gasteiger partial charge in [-0.25, -0.2) is 9.37 Å². The maximum Gasteiger partial charge on any atom is 0.255 e. The Labute approximate surface area is 118 Å². The van der Waals surface area contributed by atoms with Crippen LogP contribution in [0.3, 0.4) is 0 Å². The molecular formula is C13H10BrClFNO. The van der Waals surface area contributed by atoms with Gasteiger partial charge in [-0.2, -0.15) is 0 Å². The number of aryl methyl sites for hydroxylation is 2. The van der Waals surface area contributed by atoms with Gasteiger partial charge in [0.2, 0.25) is 0 Å². The molecule has 0 bridgehead atoms. The molecule has 0 saturated heterocycles. The highest BCUT2D eigenvalue weighted by molar-refractivity contribution is 9.10. The van der Waals surface area contributed by atoms with Gasteiger partial charge in [-0.05, 0) is 43.2 Å². The van der Waals surface area contributed by atoms with Gasteiger partial charge in [0.1, 0.15) is 5.75 Å². The summed E-state index contributed by atoms with van der Waals surface area (Å²) in [4.78, 5) is 3.81. The van der Waals surface area contributed by atoms with E-state index in [9.17, 15) is 4.39 Å². The van der Waals surface area contributed by atoms with Gasteiger partial charge in [0.15, 0.2) is 5.82 Å². The molecular weight excluding hydrogens is 321 g/mol. The third kappa shape index (κ3) is 2.82. The summed E-state index contributed by atoms with van der Waals surface area (Å²) in [6.07, 6.45) is 1.35. The third-order valence-electron chi connectivity index (χ3n) is 2.40. The molecule has 2 aromatic rings.